The maximum atomic E-state index is 11.4. The first-order valence-electron chi connectivity index (χ1n) is 4.52. The molecule has 75 valence electrons. The Balaban J connectivity index is 2.45. The highest BCUT2D eigenvalue weighted by Gasteiger charge is 2.26. The number of hydrogen-bond donors (Lipinski definition) is 0. The second kappa shape index (κ2) is 5.18. The van der Waals surface area contributed by atoms with E-state index in [9.17, 15) is 4.79 Å². The van der Waals surface area contributed by atoms with Crippen LogP contribution in [0.4, 0.5) is 0 Å². The van der Waals surface area contributed by atoms with Crippen molar-refractivity contribution in [3.05, 3.63) is 6.92 Å². The predicted octanol–water partition coefficient (Wildman–Crippen LogP) is 2.05. The van der Waals surface area contributed by atoms with Gasteiger partial charge in [-0.1, -0.05) is 29.6 Å². The van der Waals surface area contributed by atoms with E-state index in [1.54, 1.807) is 0 Å². The van der Waals surface area contributed by atoms with Gasteiger partial charge in [-0.3, -0.25) is 9.69 Å². The minimum absolute atomic E-state index is 0.190. The highest BCUT2D eigenvalue weighted by Crippen LogP contribution is 2.15. The summed E-state index contributed by atoms with van der Waals surface area (Å²) in [6.45, 7) is 5.65. The average Bonchev–Trinajstić information content (AvgIpc) is 2.17. The van der Waals surface area contributed by atoms with E-state index in [2.05, 4.69) is 6.92 Å². The van der Waals surface area contributed by atoms with Crippen LogP contribution in [-0.4, -0.2) is 34.7 Å². The van der Waals surface area contributed by atoms with Crippen LogP contribution in [0.1, 0.15) is 19.3 Å². The molecular weight excluding hydrogens is 209 g/mol. The number of carbonyl (C=O) groups is 1. The highest BCUT2D eigenvalue weighted by molar-refractivity contribution is 6.54. The molecule has 2 nitrogen and oxygen atoms in total. The fourth-order valence-electron chi connectivity index (χ4n) is 1.56. The van der Waals surface area contributed by atoms with Gasteiger partial charge in [0.1, 0.15) is 0 Å². The van der Waals surface area contributed by atoms with Crippen LogP contribution in [0.25, 0.3) is 0 Å². The Morgan fingerprint density at radius 3 is 2.23 bits per heavy atom. The quantitative estimate of drug-likeness (QED) is 0.682. The van der Waals surface area contributed by atoms with Gasteiger partial charge in [-0.05, 0) is 32.9 Å². The van der Waals surface area contributed by atoms with Gasteiger partial charge in [0, 0.05) is 0 Å². The minimum Gasteiger partial charge on any atom is -0.295 e. The second-order valence-electron chi connectivity index (χ2n) is 3.32. The van der Waals surface area contributed by atoms with Gasteiger partial charge in [0.05, 0.1) is 6.04 Å². The number of hydrogen-bond acceptors (Lipinski definition) is 2. The molecule has 0 aliphatic carbocycles. The molecule has 13 heavy (non-hydrogen) atoms. The summed E-state index contributed by atoms with van der Waals surface area (Å²) in [6, 6.07) is -0.375. The smallest absolute Gasteiger partial charge is 0.182 e. The first-order valence-corrected chi connectivity index (χ1v) is 5.39. The van der Waals surface area contributed by atoms with Crippen molar-refractivity contribution in [2.75, 3.05) is 13.1 Å². The van der Waals surface area contributed by atoms with E-state index >= 15 is 0 Å². The Labute approximate surface area is 89.2 Å². The van der Waals surface area contributed by atoms with Crippen LogP contribution in [0, 0.1) is 6.92 Å². The van der Waals surface area contributed by atoms with E-state index in [1.165, 1.54) is 6.42 Å². The van der Waals surface area contributed by atoms with Crippen molar-refractivity contribution in [2.45, 2.75) is 30.1 Å². The SMILES string of the molecule is [CH2]C(C(=O)C(Cl)Cl)N1CCCCC1. The Bertz CT molecular complexity index is 178. The van der Waals surface area contributed by atoms with Crippen molar-refractivity contribution < 1.29 is 4.79 Å². The fourth-order valence-corrected chi connectivity index (χ4v) is 1.85. The summed E-state index contributed by atoms with van der Waals surface area (Å²) < 4.78 is 0. The number of rotatable bonds is 3. The fraction of sp³-hybridized carbons (Fsp3) is 0.778. The topological polar surface area (TPSA) is 20.3 Å². The number of likely N-dealkylation sites (tertiary alicyclic amines) is 1. The van der Waals surface area contributed by atoms with Gasteiger partial charge in [-0.25, -0.2) is 0 Å². The van der Waals surface area contributed by atoms with E-state index in [4.69, 9.17) is 23.2 Å². The molecule has 0 spiro atoms. The summed E-state index contributed by atoms with van der Waals surface area (Å²) in [4.78, 5) is 12.5. The molecule has 4 heteroatoms. The lowest BCUT2D eigenvalue weighted by molar-refractivity contribution is -0.121. The molecule has 0 saturated carbocycles. The molecule has 0 amide bonds. The summed E-state index contributed by atoms with van der Waals surface area (Å²) in [5, 5.41) is 0. The summed E-state index contributed by atoms with van der Waals surface area (Å²) in [5.41, 5.74) is 0. The van der Waals surface area contributed by atoms with Gasteiger partial charge in [0.2, 0.25) is 0 Å². The Morgan fingerprint density at radius 2 is 1.77 bits per heavy atom. The average molecular weight is 223 g/mol. The van der Waals surface area contributed by atoms with E-state index in [-0.39, 0.29) is 11.8 Å². The van der Waals surface area contributed by atoms with E-state index in [0.29, 0.717) is 0 Å². The molecule has 1 aliphatic rings. The lowest BCUT2D eigenvalue weighted by Crippen LogP contribution is -2.44. The van der Waals surface area contributed by atoms with Crippen LogP contribution in [-0.2, 0) is 4.79 Å². The Kier molecular flexibility index (Phi) is 4.50. The van der Waals surface area contributed by atoms with Crippen LogP contribution in [0.3, 0.4) is 0 Å². The highest BCUT2D eigenvalue weighted by atomic mass is 35.5. The molecule has 1 aliphatic heterocycles. The van der Waals surface area contributed by atoms with Crippen molar-refractivity contribution in [3.63, 3.8) is 0 Å². The first-order chi connectivity index (χ1) is 6.13. The molecular formula is C9H14Cl2NO. The number of piperidine rings is 1. The molecule has 0 N–H and O–H groups in total. The lowest BCUT2D eigenvalue weighted by Gasteiger charge is -2.31. The molecule has 0 aromatic heterocycles. The molecule has 1 unspecified atom stereocenters. The van der Waals surface area contributed by atoms with Gasteiger partial charge in [0.15, 0.2) is 10.6 Å². The monoisotopic (exact) mass is 222 g/mol. The van der Waals surface area contributed by atoms with E-state index in [0.717, 1.165) is 25.9 Å². The van der Waals surface area contributed by atoms with Crippen LogP contribution in [0.5, 0.6) is 0 Å². The van der Waals surface area contributed by atoms with Crippen molar-refractivity contribution in [1.82, 2.24) is 4.90 Å². The third-order valence-electron chi connectivity index (χ3n) is 2.37. The zero-order valence-corrected chi connectivity index (χ0v) is 9.02. The van der Waals surface area contributed by atoms with Crippen LogP contribution in [0.2, 0.25) is 0 Å². The zero-order chi connectivity index (χ0) is 9.84. The summed E-state index contributed by atoms with van der Waals surface area (Å²) in [6.07, 6.45) is 3.51. The number of carbonyl (C=O) groups excluding carboxylic acids is 1. The molecule has 0 aromatic rings. The Morgan fingerprint density at radius 1 is 1.23 bits per heavy atom. The van der Waals surface area contributed by atoms with Gasteiger partial charge in [-0.2, -0.15) is 0 Å². The van der Waals surface area contributed by atoms with Crippen molar-refractivity contribution in [3.8, 4) is 0 Å². The molecule has 1 rings (SSSR count). The van der Waals surface area contributed by atoms with Gasteiger partial charge < -0.3 is 0 Å². The van der Waals surface area contributed by atoms with Crippen molar-refractivity contribution in [1.29, 1.82) is 0 Å². The second-order valence-corrected chi connectivity index (χ2v) is 4.41. The van der Waals surface area contributed by atoms with Gasteiger partial charge in [-0.15, -0.1) is 0 Å². The predicted molar refractivity (Wildman–Crippen MR) is 55.1 cm³/mol. The third-order valence-corrected chi connectivity index (χ3v) is 2.81. The van der Waals surface area contributed by atoms with Crippen molar-refractivity contribution in [2.24, 2.45) is 0 Å². The standard InChI is InChI=1S/C9H14Cl2NO/c1-7(8(13)9(10)11)12-5-3-2-4-6-12/h7,9H,1-6H2. The normalized spacial score (nSPS) is 21.8. The van der Waals surface area contributed by atoms with Gasteiger partial charge in [0.25, 0.3) is 0 Å². The number of halogens is 2. The third kappa shape index (κ3) is 3.12. The van der Waals surface area contributed by atoms with E-state index < -0.39 is 4.84 Å². The summed E-state index contributed by atoms with van der Waals surface area (Å²) in [7, 11) is 0. The number of ketones is 1. The molecule has 1 saturated heterocycles. The zero-order valence-electron chi connectivity index (χ0n) is 7.51. The number of Topliss-reactive ketones (excluding diaryl/α,β-unsaturated/α-hetero) is 1. The van der Waals surface area contributed by atoms with Crippen LogP contribution >= 0.6 is 23.2 Å². The molecule has 1 atom stereocenters. The maximum Gasteiger partial charge on any atom is 0.182 e. The maximum absolute atomic E-state index is 11.4. The molecule has 0 aromatic carbocycles. The summed E-state index contributed by atoms with van der Waals surface area (Å²) in [5.74, 6) is -0.190. The molecule has 1 fully saturated rings. The molecule has 1 radical (unpaired) electrons. The molecule has 0 bridgehead atoms. The number of nitrogens with zero attached hydrogens (tertiary/aromatic N) is 1. The van der Waals surface area contributed by atoms with Crippen LogP contribution < -0.4 is 0 Å². The van der Waals surface area contributed by atoms with Crippen LogP contribution in [0.15, 0.2) is 0 Å². The van der Waals surface area contributed by atoms with Crippen molar-refractivity contribution >= 4 is 29.0 Å². The number of alkyl halides is 2. The Hall–Kier alpha value is 0.210. The first kappa shape index (κ1) is 11.3. The van der Waals surface area contributed by atoms with E-state index in [1.807, 2.05) is 4.90 Å². The molecule has 1 heterocycles. The minimum atomic E-state index is -0.940. The van der Waals surface area contributed by atoms with Gasteiger partial charge >= 0.3 is 0 Å². The largest absolute Gasteiger partial charge is 0.295 e. The summed E-state index contributed by atoms with van der Waals surface area (Å²) >= 11 is 11.0. The lowest BCUT2D eigenvalue weighted by atomic mass is 10.1.